The molecule has 0 bridgehead atoms. The fourth-order valence-corrected chi connectivity index (χ4v) is 3.11. The maximum Gasteiger partial charge on any atom is 0.326 e. The van der Waals surface area contributed by atoms with Gasteiger partial charge in [-0.2, -0.15) is 12.6 Å². The minimum atomic E-state index is -1.12. The summed E-state index contributed by atoms with van der Waals surface area (Å²) in [6, 6.07) is -3.72. The largest absolute Gasteiger partial charge is 0.480 e. The van der Waals surface area contributed by atoms with Gasteiger partial charge in [0.15, 0.2) is 0 Å². The van der Waals surface area contributed by atoms with Crippen molar-refractivity contribution in [2.24, 2.45) is 23.5 Å². The summed E-state index contributed by atoms with van der Waals surface area (Å²) in [7, 11) is 0. The van der Waals surface area contributed by atoms with Crippen LogP contribution in [0.25, 0.3) is 0 Å². The van der Waals surface area contributed by atoms with E-state index in [2.05, 4.69) is 28.6 Å². The van der Waals surface area contributed by atoms with Crippen molar-refractivity contribution in [3.63, 3.8) is 0 Å². The SMILES string of the molecule is CCC(C)C(NC(=O)C(NC(=O)C(CC(C)C)NC(=O)C(N)CS)C(C)CC)C(=O)O. The normalized spacial score (nSPS) is 17.1. The summed E-state index contributed by atoms with van der Waals surface area (Å²) in [6.07, 6.45) is 1.52. The maximum atomic E-state index is 13.0. The lowest BCUT2D eigenvalue weighted by Gasteiger charge is -2.29. The van der Waals surface area contributed by atoms with Crippen molar-refractivity contribution in [1.82, 2.24) is 16.0 Å². The number of carbonyl (C=O) groups excluding carboxylic acids is 3. The lowest BCUT2D eigenvalue weighted by atomic mass is 9.94. The fraction of sp³-hybridized carbons (Fsp3) is 0.810. The first kappa shape index (κ1) is 29.2. The van der Waals surface area contributed by atoms with Crippen LogP contribution < -0.4 is 21.7 Å². The van der Waals surface area contributed by atoms with Gasteiger partial charge in [0.2, 0.25) is 17.7 Å². The molecule has 0 aromatic carbocycles. The first-order valence-electron chi connectivity index (χ1n) is 10.9. The van der Waals surface area contributed by atoms with Gasteiger partial charge in [0.05, 0.1) is 6.04 Å². The quantitative estimate of drug-likeness (QED) is 0.212. The van der Waals surface area contributed by atoms with Gasteiger partial charge in [-0.05, 0) is 24.2 Å². The van der Waals surface area contributed by atoms with Crippen molar-refractivity contribution >= 4 is 36.3 Å². The van der Waals surface area contributed by atoms with E-state index in [-0.39, 0.29) is 23.5 Å². The Balaban J connectivity index is 5.57. The second kappa shape index (κ2) is 14.3. The van der Waals surface area contributed by atoms with E-state index >= 15 is 0 Å². The molecule has 0 aliphatic heterocycles. The molecule has 6 N–H and O–H groups in total. The number of carbonyl (C=O) groups is 4. The van der Waals surface area contributed by atoms with Crippen LogP contribution in [-0.2, 0) is 19.2 Å². The molecule has 9 nitrogen and oxygen atoms in total. The van der Waals surface area contributed by atoms with Crippen molar-refractivity contribution in [3.8, 4) is 0 Å². The summed E-state index contributed by atoms with van der Waals surface area (Å²) < 4.78 is 0. The van der Waals surface area contributed by atoms with Crippen LogP contribution in [0.5, 0.6) is 0 Å². The van der Waals surface area contributed by atoms with Gasteiger partial charge in [-0.3, -0.25) is 14.4 Å². The molecule has 6 unspecified atom stereocenters. The summed E-state index contributed by atoms with van der Waals surface area (Å²) >= 11 is 4.01. The molecule has 0 spiro atoms. The number of hydrogen-bond acceptors (Lipinski definition) is 6. The van der Waals surface area contributed by atoms with Crippen LogP contribution >= 0.6 is 12.6 Å². The third-order valence-electron chi connectivity index (χ3n) is 5.44. The summed E-state index contributed by atoms with van der Waals surface area (Å²) in [5, 5.41) is 17.4. The van der Waals surface area contributed by atoms with Crippen LogP contribution in [-0.4, -0.2) is 58.7 Å². The molecule has 0 aromatic rings. The van der Waals surface area contributed by atoms with Gasteiger partial charge in [-0.15, -0.1) is 0 Å². The summed E-state index contributed by atoms with van der Waals surface area (Å²) in [5.41, 5.74) is 5.70. The average Bonchev–Trinajstić information content (AvgIpc) is 2.72. The van der Waals surface area contributed by atoms with E-state index in [9.17, 15) is 24.3 Å². The Morgan fingerprint density at radius 1 is 0.839 bits per heavy atom. The van der Waals surface area contributed by atoms with Crippen LogP contribution in [0.15, 0.2) is 0 Å². The molecule has 31 heavy (non-hydrogen) atoms. The Hall–Kier alpha value is -1.81. The van der Waals surface area contributed by atoms with Crippen LogP contribution in [0, 0.1) is 17.8 Å². The molecule has 0 radical (unpaired) electrons. The van der Waals surface area contributed by atoms with Gasteiger partial charge in [0.25, 0.3) is 0 Å². The van der Waals surface area contributed by atoms with Crippen LogP contribution in [0.1, 0.15) is 60.8 Å². The van der Waals surface area contributed by atoms with Crippen molar-refractivity contribution in [3.05, 3.63) is 0 Å². The Labute approximate surface area is 191 Å². The second-order valence-electron chi connectivity index (χ2n) is 8.56. The number of thiol groups is 1. The van der Waals surface area contributed by atoms with Gasteiger partial charge in [-0.25, -0.2) is 4.79 Å². The lowest BCUT2D eigenvalue weighted by molar-refractivity contribution is -0.144. The number of carboxylic acids is 1. The average molecular weight is 461 g/mol. The maximum absolute atomic E-state index is 13.0. The van der Waals surface area contributed by atoms with E-state index in [0.717, 1.165) is 0 Å². The minimum absolute atomic E-state index is 0.0981. The molecular weight excluding hydrogens is 420 g/mol. The number of rotatable bonds is 14. The molecule has 0 saturated carbocycles. The van der Waals surface area contributed by atoms with Crippen LogP contribution in [0.3, 0.4) is 0 Å². The van der Waals surface area contributed by atoms with Gasteiger partial charge < -0.3 is 26.8 Å². The molecule has 6 atom stereocenters. The Bertz CT molecular complexity index is 617. The highest BCUT2D eigenvalue weighted by molar-refractivity contribution is 7.80. The van der Waals surface area contributed by atoms with E-state index in [4.69, 9.17) is 5.73 Å². The van der Waals surface area contributed by atoms with Gasteiger partial charge in [0, 0.05) is 5.75 Å². The highest BCUT2D eigenvalue weighted by Gasteiger charge is 2.34. The molecule has 0 aromatic heterocycles. The Morgan fingerprint density at radius 3 is 1.74 bits per heavy atom. The molecular formula is C21H40N4O5S. The Kier molecular flexibility index (Phi) is 13.5. The number of nitrogens with one attached hydrogen (secondary N) is 3. The standard InChI is InChI=1S/C21H40N4O5S/c1-7-12(5)16(20(28)25-17(21(29)30)13(6)8-2)24-19(27)15(9-11(3)4)23-18(26)14(22)10-31/h11-17,31H,7-10,22H2,1-6H3,(H,23,26)(H,24,27)(H,25,28)(H,29,30). The molecule has 3 amide bonds. The first-order valence-corrected chi connectivity index (χ1v) is 11.5. The number of hydrogen-bond donors (Lipinski definition) is 6. The topological polar surface area (TPSA) is 151 Å². The zero-order chi connectivity index (χ0) is 24.3. The van der Waals surface area contributed by atoms with Gasteiger partial charge in [0.1, 0.15) is 18.1 Å². The van der Waals surface area contributed by atoms with Crippen LogP contribution in [0.2, 0.25) is 0 Å². The van der Waals surface area contributed by atoms with Crippen molar-refractivity contribution in [2.45, 2.75) is 85.0 Å². The summed E-state index contributed by atoms with van der Waals surface area (Å²) in [4.78, 5) is 49.7. The van der Waals surface area contributed by atoms with Crippen LogP contribution in [0.4, 0.5) is 0 Å². The zero-order valence-electron chi connectivity index (χ0n) is 19.5. The smallest absolute Gasteiger partial charge is 0.326 e. The van der Waals surface area contributed by atoms with Crippen molar-refractivity contribution in [2.75, 3.05) is 5.75 Å². The highest BCUT2D eigenvalue weighted by atomic mass is 32.1. The lowest BCUT2D eigenvalue weighted by Crippen LogP contribution is -2.59. The monoisotopic (exact) mass is 460 g/mol. The second-order valence-corrected chi connectivity index (χ2v) is 8.93. The van der Waals surface area contributed by atoms with E-state index in [1.165, 1.54) is 0 Å². The third-order valence-corrected chi connectivity index (χ3v) is 5.84. The molecule has 0 aliphatic rings. The number of nitrogens with two attached hydrogens (primary N) is 1. The predicted octanol–water partition coefficient (Wildman–Crippen LogP) is 0.921. The number of aliphatic carboxylic acids is 1. The number of amides is 3. The first-order chi connectivity index (χ1) is 14.4. The molecule has 0 saturated heterocycles. The Morgan fingerprint density at radius 2 is 1.32 bits per heavy atom. The molecule has 0 aliphatic carbocycles. The van der Waals surface area contributed by atoms with Crippen molar-refractivity contribution < 1.29 is 24.3 Å². The predicted molar refractivity (Wildman–Crippen MR) is 124 cm³/mol. The molecule has 0 fully saturated rings. The summed E-state index contributed by atoms with van der Waals surface area (Å²) in [6.45, 7) is 11.1. The molecule has 0 rings (SSSR count). The molecule has 10 heteroatoms. The van der Waals surface area contributed by atoms with E-state index in [1.54, 1.807) is 13.8 Å². The van der Waals surface area contributed by atoms with Crippen molar-refractivity contribution in [1.29, 1.82) is 0 Å². The molecule has 0 heterocycles. The summed E-state index contributed by atoms with van der Waals surface area (Å²) in [5.74, 6) is -2.98. The molecule has 180 valence electrons. The fourth-order valence-electron chi connectivity index (χ4n) is 2.95. The number of carboxylic acid groups (broad SMARTS) is 1. The van der Waals surface area contributed by atoms with E-state index in [0.29, 0.717) is 19.3 Å². The van der Waals surface area contributed by atoms with Gasteiger partial charge >= 0.3 is 5.97 Å². The highest BCUT2D eigenvalue weighted by Crippen LogP contribution is 2.13. The third kappa shape index (κ3) is 9.90. The minimum Gasteiger partial charge on any atom is -0.480 e. The van der Waals surface area contributed by atoms with E-state index in [1.807, 2.05) is 27.7 Å². The van der Waals surface area contributed by atoms with Gasteiger partial charge in [-0.1, -0.05) is 54.4 Å². The van der Waals surface area contributed by atoms with E-state index < -0.39 is 47.9 Å². The zero-order valence-corrected chi connectivity index (χ0v) is 20.4.